The van der Waals surface area contributed by atoms with Gasteiger partial charge in [0.25, 0.3) is 0 Å². The molecule has 0 saturated carbocycles. The third-order valence-corrected chi connectivity index (χ3v) is 0.513. The van der Waals surface area contributed by atoms with Crippen LogP contribution in [0, 0.1) is 0 Å². The zero-order chi connectivity index (χ0) is 6.41. The zero-order valence-electron chi connectivity index (χ0n) is 3.91. The monoisotopic (exact) mass is 177 g/mol. The van der Waals surface area contributed by atoms with Crippen molar-refractivity contribution in [2.24, 2.45) is 15.7 Å². The minimum Gasteiger partial charge on any atom is -0.378 e. The lowest BCUT2D eigenvalue weighted by atomic mass is 11.1. The van der Waals surface area contributed by atoms with Gasteiger partial charge in [0.1, 0.15) is 6.34 Å². The van der Waals surface area contributed by atoms with Gasteiger partial charge in [0.15, 0.2) is 4.74 Å². The number of carbonyl (C=O) groups excluding carboxylic acids is 1. The van der Waals surface area contributed by atoms with Gasteiger partial charge in [-0.15, -0.1) is 0 Å². The summed E-state index contributed by atoms with van der Waals surface area (Å²) in [6.45, 7) is 0. The van der Waals surface area contributed by atoms with Crippen LogP contribution in [0.5, 0.6) is 0 Å². The first-order valence-electron chi connectivity index (χ1n) is 1.71. The Morgan fingerprint density at radius 2 is 2.38 bits per heavy atom. The van der Waals surface area contributed by atoms with E-state index in [-0.39, 0.29) is 4.74 Å². The Hall–Kier alpha value is -0.710. The van der Waals surface area contributed by atoms with Crippen LogP contribution in [0.3, 0.4) is 0 Å². The summed E-state index contributed by atoms with van der Waals surface area (Å²) in [6, 6.07) is 0. The maximum absolute atomic E-state index is 9.46. The molecule has 44 valence electrons. The van der Waals surface area contributed by atoms with Crippen molar-refractivity contribution < 1.29 is 4.79 Å². The van der Waals surface area contributed by atoms with Gasteiger partial charge in [0.05, 0.1) is 0 Å². The second-order valence-corrected chi connectivity index (χ2v) is 1.63. The summed E-state index contributed by atoms with van der Waals surface area (Å²) in [5.74, 6) is 0. The van der Waals surface area contributed by atoms with Crippen LogP contribution in [0.1, 0.15) is 0 Å². The number of amidine groups is 1. The quantitative estimate of drug-likeness (QED) is 0.277. The number of halogens is 1. The lowest BCUT2D eigenvalue weighted by molar-refractivity contribution is -0.106. The van der Waals surface area contributed by atoms with E-state index < -0.39 is 0 Å². The summed E-state index contributed by atoms with van der Waals surface area (Å²) >= 11 is 2.83. The van der Waals surface area contributed by atoms with Gasteiger partial charge in [-0.2, -0.15) is 0 Å². The first-order chi connectivity index (χ1) is 3.77. The van der Waals surface area contributed by atoms with Crippen LogP contribution in [0.25, 0.3) is 0 Å². The largest absolute Gasteiger partial charge is 0.378 e. The number of hydrogen-bond donors (Lipinski definition) is 1. The molecule has 0 aliphatic rings. The van der Waals surface area contributed by atoms with Gasteiger partial charge < -0.3 is 5.73 Å². The topological polar surface area (TPSA) is 67.8 Å². The molecular weight excluding hydrogens is 174 g/mol. The van der Waals surface area contributed by atoms with Crippen LogP contribution in [0.2, 0.25) is 0 Å². The van der Waals surface area contributed by atoms with Crippen molar-refractivity contribution in [3.05, 3.63) is 0 Å². The van der Waals surface area contributed by atoms with Gasteiger partial charge in [0, 0.05) is 0 Å². The zero-order valence-corrected chi connectivity index (χ0v) is 5.50. The Morgan fingerprint density at radius 1 is 1.75 bits per heavy atom. The summed E-state index contributed by atoms with van der Waals surface area (Å²) in [5, 5.41) is 0. The highest BCUT2D eigenvalue weighted by Gasteiger charge is 1.71. The van der Waals surface area contributed by atoms with E-state index in [9.17, 15) is 4.79 Å². The van der Waals surface area contributed by atoms with Crippen LogP contribution in [0.4, 0.5) is 0 Å². The summed E-state index contributed by atoms with van der Waals surface area (Å²) in [5.41, 5.74) is 4.99. The summed E-state index contributed by atoms with van der Waals surface area (Å²) in [7, 11) is 0. The van der Waals surface area contributed by atoms with E-state index in [2.05, 4.69) is 25.9 Å². The van der Waals surface area contributed by atoms with Crippen molar-refractivity contribution in [2.75, 3.05) is 0 Å². The molecule has 0 saturated heterocycles. The predicted molar refractivity (Wildman–Crippen MR) is 35.1 cm³/mol. The Labute approximate surface area is 54.6 Å². The standard InChI is InChI=1S/C3H4BrN3O/c4-3(5)7-1-6-2-8/h1-2H,(H2,5,6,7,8). The molecule has 0 bridgehead atoms. The molecule has 2 N–H and O–H groups in total. The number of aliphatic imine (C=N–C) groups is 2. The molecule has 0 unspecified atom stereocenters. The molecule has 1 amide bonds. The molecule has 0 aliphatic carbocycles. The number of hydrogen-bond acceptors (Lipinski definition) is 1. The van der Waals surface area contributed by atoms with E-state index in [0.717, 1.165) is 6.34 Å². The average molecular weight is 178 g/mol. The lowest BCUT2D eigenvalue weighted by Crippen LogP contribution is -2.00. The fourth-order valence-electron chi connectivity index (χ4n) is 0.116. The molecule has 0 aromatic heterocycles. The van der Waals surface area contributed by atoms with Crippen molar-refractivity contribution in [1.29, 1.82) is 0 Å². The maximum atomic E-state index is 9.46. The number of rotatable bonds is 2. The number of nitrogens with zero attached hydrogens (tertiary/aromatic N) is 2. The molecule has 0 aromatic carbocycles. The minimum absolute atomic E-state index is 0.197. The number of amides is 1. The highest BCUT2D eigenvalue weighted by Crippen LogP contribution is 1.75. The molecule has 0 spiro atoms. The van der Waals surface area contributed by atoms with Gasteiger partial charge in [-0.05, 0) is 15.9 Å². The van der Waals surface area contributed by atoms with E-state index in [4.69, 9.17) is 5.73 Å². The molecule has 4 nitrogen and oxygen atoms in total. The molecule has 0 aliphatic heterocycles. The van der Waals surface area contributed by atoms with Crippen LogP contribution in [0.15, 0.2) is 9.98 Å². The third kappa shape index (κ3) is 5.29. The van der Waals surface area contributed by atoms with E-state index in [1.807, 2.05) is 0 Å². The van der Waals surface area contributed by atoms with Gasteiger partial charge in [0.2, 0.25) is 6.41 Å². The first kappa shape index (κ1) is 7.29. The molecule has 5 heteroatoms. The van der Waals surface area contributed by atoms with Gasteiger partial charge in [-0.3, -0.25) is 4.79 Å². The van der Waals surface area contributed by atoms with Gasteiger partial charge in [-0.1, -0.05) is 0 Å². The Kier molecular flexibility index (Phi) is 4.05. The summed E-state index contributed by atoms with van der Waals surface area (Å²) < 4.78 is 0.197. The molecule has 0 rings (SSSR count). The fourth-order valence-corrected chi connectivity index (χ4v) is 0.207. The van der Waals surface area contributed by atoms with Crippen LogP contribution >= 0.6 is 15.9 Å². The Balaban J connectivity index is 3.57. The molecule has 0 atom stereocenters. The van der Waals surface area contributed by atoms with Crippen molar-refractivity contribution in [1.82, 2.24) is 0 Å². The molecular formula is C3H4BrN3O. The van der Waals surface area contributed by atoms with Gasteiger partial charge in [-0.25, -0.2) is 9.98 Å². The fraction of sp³-hybridized carbons (Fsp3) is 0. The third-order valence-electron chi connectivity index (χ3n) is 0.309. The molecule has 0 aromatic rings. The maximum Gasteiger partial charge on any atom is 0.234 e. The van der Waals surface area contributed by atoms with Crippen LogP contribution in [-0.2, 0) is 4.79 Å². The summed E-state index contributed by atoms with van der Waals surface area (Å²) in [4.78, 5) is 16.0. The lowest BCUT2D eigenvalue weighted by Gasteiger charge is -1.75. The molecule has 0 fully saturated rings. The van der Waals surface area contributed by atoms with E-state index in [1.54, 1.807) is 0 Å². The van der Waals surface area contributed by atoms with E-state index in [1.165, 1.54) is 0 Å². The van der Waals surface area contributed by atoms with E-state index >= 15 is 0 Å². The molecule has 0 heterocycles. The van der Waals surface area contributed by atoms with Crippen molar-refractivity contribution >= 4 is 33.4 Å². The number of nitrogens with two attached hydrogens (primary N) is 1. The smallest absolute Gasteiger partial charge is 0.234 e. The predicted octanol–water partition coefficient (Wildman–Crippen LogP) is -0.119. The second kappa shape index (κ2) is 4.45. The normalized spacial score (nSPS) is 12.4. The summed E-state index contributed by atoms with van der Waals surface area (Å²) in [6.07, 6.45) is 1.43. The first-order valence-corrected chi connectivity index (χ1v) is 2.50. The Bertz CT molecular complexity index is 126. The van der Waals surface area contributed by atoms with Crippen molar-refractivity contribution in [3.63, 3.8) is 0 Å². The molecule has 0 radical (unpaired) electrons. The van der Waals surface area contributed by atoms with Crippen LogP contribution < -0.4 is 5.73 Å². The minimum atomic E-state index is 0.197. The highest BCUT2D eigenvalue weighted by molar-refractivity contribution is 9.18. The van der Waals surface area contributed by atoms with Crippen molar-refractivity contribution in [3.8, 4) is 0 Å². The van der Waals surface area contributed by atoms with Gasteiger partial charge >= 0.3 is 0 Å². The Morgan fingerprint density at radius 3 is 2.75 bits per heavy atom. The van der Waals surface area contributed by atoms with Crippen molar-refractivity contribution in [2.45, 2.75) is 0 Å². The van der Waals surface area contributed by atoms with E-state index in [0.29, 0.717) is 6.41 Å². The highest BCUT2D eigenvalue weighted by atomic mass is 79.9. The second-order valence-electron chi connectivity index (χ2n) is 0.822. The average Bonchev–Trinajstić information content (AvgIpc) is 1.66. The molecule has 8 heavy (non-hydrogen) atoms. The van der Waals surface area contributed by atoms with Crippen LogP contribution in [-0.4, -0.2) is 17.5 Å². The number of carbonyl (C=O) groups is 1. The SMILES string of the molecule is NC(Br)=NC=NC=O.